The SMILES string of the molecule is CN1CCCN(c2ccc(-n3cnc4cc(CC5=CCOCC5)sc4c3=O)cc2)CC1. The highest BCUT2D eigenvalue weighted by Gasteiger charge is 2.15. The molecule has 5 rings (SSSR count). The van der Waals surface area contributed by atoms with E-state index in [9.17, 15) is 4.79 Å². The predicted octanol–water partition coefficient (Wildman–Crippen LogP) is 3.48. The summed E-state index contributed by atoms with van der Waals surface area (Å²) in [6.07, 6.45) is 6.83. The van der Waals surface area contributed by atoms with Gasteiger partial charge in [-0.2, -0.15) is 0 Å². The summed E-state index contributed by atoms with van der Waals surface area (Å²) in [6, 6.07) is 10.4. The molecule has 0 bridgehead atoms. The second-order valence-electron chi connectivity index (χ2n) is 8.37. The van der Waals surface area contributed by atoms with Crippen LogP contribution in [0.5, 0.6) is 0 Å². The summed E-state index contributed by atoms with van der Waals surface area (Å²) in [7, 11) is 2.18. The van der Waals surface area contributed by atoms with Crippen molar-refractivity contribution in [2.75, 3.05) is 51.3 Å². The van der Waals surface area contributed by atoms with Gasteiger partial charge in [-0.1, -0.05) is 11.6 Å². The van der Waals surface area contributed by atoms with Gasteiger partial charge < -0.3 is 14.5 Å². The molecule has 4 heterocycles. The minimum atomic E-state index is 0.00588. The van der Waals surface area contributed by atoms with Crippen LogP contribution in [-0.4, -0.2) is 60.9 Å². The zero-order valence-electron chi connectivity index (χ0n) is 17.9. The first-order valence-corrected chi connectivity index (χ1v) is 11.8. The van der Waals surface area contributed by atoms with Crippen LogP contribution in [0.2, 0.25) is 0 Å². The van der Waals surface area contributed by atoms with Crippen LogP contribution in [0, 0.1) is 0 Å². The molecular formula is C24H28N4O2S. The Kier molecular flexibility index (Phi) is 5.89. The number of hydrogen-bond acceptors (Lipinski definition) is 6. The zero-order chi connectivity index (χ0) is 21.2. The van der Waals surface area contributed by atoms with Gasteiger partial charge in [0.05, 0.1) is 24.4 Å². The van der Waals surface area contributed by atoms with Crippen molar-refractivity contribution in [3.05, 3.63) is 63.5 Å². The summed E-state index contributed by atoms with van der Waals surface area (Å²) < 4.78 is 7.78. The number of anilines is 1. The number of rotatable bonds is 4. The number of likely N-dealkylation sites (N-methyl/N-ethyl adjacent to an activating group) is 1. The highest BCUT2D eigenvalue weighted by molar-refractivity contribution is 7.18. The summed E-state index contributed by atoms with van der Waals surface area (Å²) in [5.41, 5.74) is 4.25. The first kappa shape index (κ1) is 20.4. The van der Waals surface area contributed by atoms with Crippen molar-refractivity contribution in [1.82, 2.24) is 14.5 Å². The lowest BCUT2D eigenvalue weighted by Crippen LogP contribution is -2.28. The molecule has 0 N–H and O–H groups in total. The van der Waals surface area contributed by atoms with Gasteiger partial charge in [0.25, 0.3) is 5.56 Å². The highest BCUT2D eigenvalue weighted by Crippen LogP contribution is 2.26. The lowest BCUT2D eigenvalue weighted by molar-refractivity contribution is 0.154. The molecule has 1 aromatic carbocycles. The number of fused-ring (bicyclic) bond motifs is 1. The smallest absolute Gasteiger partial charge is 0.275 e. The maximum absolute atomic E-state index is 13.2. The molecule has 1 fully saturated rings. The second kappa shape index (κ2) is 8.94. The van der Waals surface area contributed by atoms with Gasteiger partial charge in [0, 0.05) is 36.6 Å². The maximum atomic E-state index is 13.2. The molecule has 0 aliphatic carbocycles. The lowest BCUT2D eigenvalue weighted by atomic mass is 10.1. The fourth-order valence-electron chi connectivity index (χ4n) is 4.31. The van der Waals surface area contributed by atoms with E-state index in [-0.39, 0.29) is 5.56 Å². The Bertz CT molecular complexity index is 1150. The van der Waals surface area contributed by atoms with Crippen molar-refractivity contribution in [3.8, 4) is 5.69 Å². The second-order valence-corrected chi connectivity index (χ2v) is 9.51. The van der Waals surface area contributed by atoms with Crippen LogP contribution in [-0.2, 0) is 11.2 Å². The Balaban J connectivity index is 1.39. The van der Waals surface area contributed by atoms with Crippen LogP contribution in [0.3, 0.4) is 0 Å². The molecule has 6 nitrogen and oxygen atoms in total. The average molecular weight is 437 g/mol. The van der Waals surface area contributed by atoms with Gasteiger partial charge in [-0.3, -0.25) is 9.36 Å². The molecule has 2 aliphatic heterocycles. The number of ether oxygens (including phenoxy) is 1. The third kappa shape index (κ3) is 4.44. The van der Waals surface area contributed by atoms with Crippen LogP contribution in [0.1, 0.15) is 17.7 Å². The Morgan fingerprint density at radius 3 is 2.74 bits per heavy atom. The maximum Gasteiger partial charge on any atom is 0.275 e. The standard InChI is InChI=1S/C24H28N4O2S/c1-26-9-2-10-27(12-11-26)19-3-5-20(6-4-19)28-17-25-22-16-21(31-23(22)24(28)29)15-18-7-13-30-14-8-18/h3-7,16-17H,2,8-15H2,1H3. The number of hydrogen-bond donors (Lipinski definition) is 0. The van der Waals surface area contributed by atoms with Crippen molar-refractivity contribution in [1.29, 1.82) is 0 Å². The minimum Gasteiger partial charge on any atom is -0.377 e. The normalized spacial score (nSPS) is 18.2. The highest BCUT2D eigenvalue weighted by atomic mass is 32.1. The van der Waals surface area contributed by atoms with Crippen LogP contribution < -0.4 is 10.5 Å². The number of nitrogens with zero attached hydrogens (tertiary/aromatic N) is 4. The van der Waals surface area contributed by atoms with Crippen molar-refractivity contribution in [2.45, 2.75) is 19.3 Å². The van der Waals surface area contributed by atoms with Crippen LogP contribution >= 0.6 is 11.3 Å². The summed E-state index contributed by atoms with van der Waals surface area (Å²) in [5, 5.41) is 0. The van der Waals surface area contributed by atoms with Crippen LogP contribution in [0.15, 0.2) is 53.1 Å². The van der Waals surface area contributed by atoms with Gasteiger partial charge in [-0.05, 0) is 56.8 Å². The van der Waals surface area contributed by atoms with Gasteiger partial charge in [-0.15, -0.1) is 11.3 Å². The molecular weight excluding hydrogens is 408 g/mol. The summed E-state index contributed by atoms with van der Waals surface area (Å²) in [6.45, 7) is 5.79. The van der Waals surface area contributed by atoms with E-state index in [1.807, 2.05) is 12.1 Å². The van der Waals surface area contributed by atoms with Crippen LogP contribution in [0.4, 0.5) is 5.69 Å². The van der Waals surface area contributed by atoms with Crippen LogP contribution in [0.25, 0.3) is 15.9 Å². The van der Waals surface area contributed by atoms with Crippen molar-refractivity contribution >= 4 is 27.2 Å². The Labute approximate surface area is 186 Å². The van der Waals surface area contributed by atoms with E-state index >= 15 is 0 Å². The third-order valence-corrected chi connectivity index (χ3v) is 7.27. The third-order valence-electron chi connectivity index (χ3n) is 6.16. The van der Waals surface area contributed by atoms with E-state index < -0.39 is 0 Å². The molecule has 2 aliphatic rings. The first-order valence-electron chi connectivity index (χ1n) is 11.0. The zero-order valence-corrected chi connectivity index (χ0v) is 18.7. The van der Waals surface area contributed by atoms with E-state index in [1.165, 1.54) is 22.6 Å². The number of aromatic nitrogens is 2. The van der Waals surface area contributed by atoms with Crippen molar-refractivity contribution in [3.63, 3.8) is 0 Å². The molecule has 31 heavy (non-hydrogen) atoms. The number of benzene rings is 1. The first-order chi connectivity index (χ1) is 15.2. The molecule has 0 unspecified atom stereocenters. The fraction of sp³-hybridized carbons (Fsp3) is 0.417. The molecule has 1 saturated heterocycles. The average Bonchev–Trinajstić information content (AvgIpc) is 3.08. The quantitative estimate of drug-likeness (QED) is 0.586. The van der Waals surface area contributed by atoms with E-state index in [0.717, 1.165) is 61.5 Å². The Morgan fingerprint density at radius 1 is 1.10 bits per heavy atom. The molecule has 0 spiro atoms. The predicted molar refractivity (Wildman–Crippen MR) is 127 cm³/mol. The number of thiophene rings is 1. The van der Waals surface area contributed by atoms with Gasteiger partial charge in [0.2, 0.25) is 0 Å². The summed E-state index contributed by atoms with van der Waals surface area (Å²) in [5.74, 6) is 0. The molecule has 0 saturated carbocycles. The molecule has 0 radical (unpaired) electrons. The summed E-state index contributed by atoms with van der Waals surface area (Å²) in [4.78, 5) is 23.8. The Hall–Kier alpha value is -2.48. The van der Waals surface area contributed by atoms with Crippen molar-refractivity contribution < 1.29 is 4.74 Å². The molecule has 0 amide bonds. The van der Waals surface area contributed by atoms with E-state index in [2.05, 4.69) is 46.1 Å². The van der Waals surface area contributed by atoms with E-state index in [4.69, 9.17) is 4.74 Å². The van der Waals surface area contributed by atoms with E-state index in [0.29, 0.717) is 6.61 Å². The van der Waals surface area contributed by atoms with Gasteiger partial charge in [-0.25, -0.2) is 4.98 Å². The lowest BCUT2D eigenvalue weighted by Gasteiger charge is -2.23. The van der Waals surface area contributed by atoms with E-state index in [1.54, 1.807) is 22.2 Å². The topological polar surface area (TPSA) is 50.6 Å². The van der Waals surface area contributed by atoms with Crippen molar-refractivity contribution in [2.24, 2.45) is 0 Å². The molecule has 162 valence electrons. The minimum absolute atomic E-state index is 0.00588. The summed E-state index contributed by atoms with van der Waals surface area (Å²) >= 11 is 1.56. The van der Waals surface area contributed by atoms with Gasteiger partial charge >= 0.3 is 0 Å². The molecule has 0 atom stereocenters. The Morgan fingerprint density at radius 2 is 1.94 bits per heavy atom. The van der Waals surface area contributed by atoms with Gasteiger partial charge in [0.15, 0.2) is 0 Å². The molecule has 3 aromatic rings. The monoisotopic (exact) mass is 436 g/mol. The molecule has 2 aromatic heterocycles. The largest absolute Gasteiger partial charge is 0.377 e. The van der Waals surface area contributed by atoms with Gasteiger partial charge in [0.1, 0.15) is 11.0 Å². The molecule has 7 heteroatoms. The fourth-order valence-corrected chi connectivity index (χ4v) is 5.40.